The fraction of sp³-hybridized carbons (Fsp3) is 0.300. The molecule has 1 aliphatic heterocycles. The SMILES string of the molecule is O=C(C=Cc1cccs1)Nc1ccc(CC(=O)N2CCC(O)CC2)cc1. The van der Waals surface area contributed by atoms with Gasteiger partial charge in [0, 0.05) is 29.7 Å². The number of aliphatic hydroxyl groups is 1. The van der Waals surface area contributed by atoms with E-state index in [0.717, 1.165) is 10.4 Å². The monoisotopic (exact) mass is 370 g/mol. The lowest BCUT2D eigenvalue weighted by Gasteiger charge is -2.29. The maximum Gasteiger partial charge on any atom is 0.248 e. The van der Waals surface area contributed by atoms with E-state index in [1.807, 2.05) is 29.6 Å². The van der Waals surface area contributed by atoms with E-state index in [4.69, 9.17) is 0 Å². The van der Waals surface area contributed by atoms with Crippen LogP contribution in [0.2, 0.25) is 0 Å². The molecule has 2 amide bonds. The molecule has 6 heteroatoms. The fourth-order valence-corrected chi connectivity index (χ4v) is 3.45. The Morgan fingerprint density at radius 3 is 2.58 bits per heavy atom. The first kappa shape index (κ1) is 18.4. The maximum absolute atomic E-state index is 12.3. The number of nitrogens with zero attached hydrogens (tertiary/aromatic N) is 1. The van der Waals surface area contributed by atoms with Gasteiger partial charge in [-0.25, -0.2) is 0 Å². The number of thiophene rings is 1. The lowest BCUT2D eigenvalue weighted by Crippen LogP contribution is -2.40. The summed E-state index contributed by atoms with van der Waals surface area (Å²) in [7, 11) is 0. The third kappa shape index (κ3) is 5.28. The van der Waals surface area contributed by atoms with Crippen molar-refractivity contribution in [1.82, 2.24) is 4.90 Å². The first-order chi connectivity index (χ1) is 12.6. The Morgan fingerprint density at radius 2 is 1.92 bits per heavy atom. The summed E-state index contributed by atoms with van der Waals surface area (Å²) in [5.74, 6) is -0.110. The summed E-state index contributed by atoms with van der Waals surface area (Å²) < 4.78 is 0. The van der Waals surface area contributed by atoms with Crippen molar-refractivity contribution in [3.8, 4) is 0 Å². The lowest BCUT2D eigenvalue weighted by atomic mass is 10.1. The van der Waals surface area contributed by atoms with Gasteiger partial charge in [0.2, 0.25) is 11.8 Å². The Bertz CT molecular complexity index is 761. The van der Waals surface area contributed by atoms with Crippen LogP contribution in [0.4, 0.5) is 5.69 Å². The van der Waals surface area contributed by atoms with Gasteiger partial charge in [0.25, 0.3) is 0 Å². The third-order valence-corrected chi connectivity index (χ3v) is 5.17. The molecule has 1 aromatic carbocycles. The van der Waals surface area contributed by atoms with Crippen LogP contribution in [0.1, 0.15) is 23.3 Å². The Labute approximate surface area is 157 Å². The molecule has 0 bridgehead atoms. The highest BCUT2D eigenvalue weighted by atomic mass is 32.1. The molecule has 136 valence electrons. The molecule has 2 aromatic rings. The summed E-state index contributed by atoms with van der Waals surface area (Å²) in [6.07, 6.45) is 4.64. The summed E-state index contributed by atoms with van der Waals surface area (Å²) >= 11 is 1.57. The molecule has 0 radical (unpaired) electrons. The van der Waals surface area contributed by atoms with Crippen LogP contribution in [0, 0.1) is 0 Å². The molecule has 1 aromatic heterocycles. The smallest absolute Gasteiger partial charge is 0.248 e. The summed E-state index contributed by atoms with van der Waals surface area (Å²) in [6.45, 7) is 1.23. The topological polar surface area (TPSA) is 69.6 Å². The van der Waals surface area contributed by atoms with Gasteiger partial charge in [0.1, 0.15) is 0 Å². The molecule has 2 N–H and O–H groups in total. The van der Waals surface area contributed by atoms with Crippen LogP contribution < -0.4 is 5.32 Å². The molecule has 2 heterocycles. The summed E-state index contributed by atoms with van der Waals surface area (Å²) in [5.41, 5.74) is 1.61. The van der Waals surface area contributed by atoms with Crippen LogP contribution in [0.3, 0.4) is 0 Å². The number of likely N-dealkylation sites (tertiary alicyclic amines) is 1. The van der Waals surface area contributed by atoms with Gasteiger partial charge in [-0.05, 0) is 48.1 Å². The minimum atomic E-state index is -0.282. The lowest BCUT2D eigenvalue weighted by molar-refractivity contribution is -0.132. The zero-order valence-electron chi connectivity index (χ0n) is 14.4. The van der Waals surface area contributed by atoms with Gasteiger partial charge in [-0.2, -0.15) is 0 Å². The van der Waals surface area contributed by atoms with E-state index in [9.17, 15) is 14.7 Å². The van der Waals surface area contributed by atoms with Gasteiger partial charge in [0.15, 0.2) is 0 Å². The van der Waals surface area contributed by atoms with Crippen LogP contribution in [0.5, 0.6) is 0 Å². The molecule has 1 fully saturated rings. The molecule has 0 saturated carbocycles. The van der Waals surface area contributed by atoms with Crippen molar-refractivity contribution in [2.75, 3.05) is 18.4 Å². The fourth-order valence-electron chi connectivity index (χ4n) is 2.84. The van der Waals surface area contributed by atoms with Crippen LogP contribution in [0.15, 0.2) is 47.9 Å². The first-order valence-electron chi connectivity index (χ1n) is 8.67. The number of benzene rings is 1. The highest BCUT2D eigenvalue weighted by molar-refractivity contribution is 7.10. The first-order valence-corrected chi connectivity index (χ1v) is 9.55. The number of anilines is 1. The van der Waals surface area contributed by atoms with Crippen molar-refractivity contribution in [3.63, 3.8) is 0 Å². The second kappa shape index (κ2) is 8.78. The number of hydrogen-bond donors (Lipinski definition) is 2. The van der Waals surface area contributed by atoms with Gasteiger partial charge < -0.3 is 15.3 Å². The molecule has 1 saturated heterocycles. The zero-order chi connectivity index (χ0) is 18.4. The highest BCUT2D eigenvalue weighted by Crippen LogP contribution is 2.15. The van der Waals surface area contributed by atoms with E-state index >= 15 is 0 Å². The molecular formula is C20H22N2O3S. The summed E-state index contributed by atoms with van der Waals surface area (Å²) in [6, 6.07) is 11.2. The number of nitrogens with one attached hydrogen (secondary N) is 1. The van der Waals surface area contributed by atoms with Gasteiger partial charge in [0.05, 0.1) is 12.5 Å². The predicted molar refractivity (Wildman–Crippen MR) is 104 cm³/mol. The van der Waals surface area contributed by atoms with Crippen LogP contribution in [-0.2, 0) is 16.0 Å². The van der Waals surface area contributed by atoms with E-state index in [1.54, 1.807) is 34.4 Å². The standard InChI is InChI=1S/C20H22N2O3S/c23-17-9-11-22(12-10-17)20(25)14-15-3-5-16(6-4-15)21-19(24)8-7-18-2-1-13-26-18/h1-8,13,17,23H,9-12,14H2,(H,21,24). The van der Waals surface area contributed by atoms with E-state index in [1.165, 1.54) is 6.08 Å². The average molecular weight is 370 g/mol. The normalized spacial score (nSPS) is 15.3. The zero-order valence-corrected chi connectivity index (χ0v) is 15.2. The van der Waals surface area contributed by atoms with Gasteiger partial charge >= 0.3 is 0 Å². The molecule has 0 unspecified atom stereocenters. The second-order valence-corrected chi connectivity index (χ2v) is 7.30. The summed E-state index contributed by atoms with van der Waals surface area (Å²) in [5, 5.41) is 14.3. The van der Waals surface area contributed by atoms with Crippen molar-refractivity contribution in [3.05, 3.63) is 58.3 Å². The van der Waals surface area contributed by atoms with E-state index < -0.39 is 0 Å². The molecule has 0 spiro atoms. The Balaban J connectivity index is 1.50. The van der Waals surface area contributed by atoms with Gasteiger partial charge in [-0.15, -0.1) is 11.3 Å². The van der Waals surface area contributed by atoms with Crippen LogP contribution >= 0.6 is 11.3 Å². The molecule has 5 nitrogen and oxygen atoms in total. The quantitative estimate of drug-likeness (QED) is 0.795. The number of carbonyl (C=O) groups excluding carboxylic acids is 2. The number of amides is 2. The van der Waals surface area contributed by atoms with E-state index in [0.29, 0.717) is 38.0 Å². The Morgan fingerprint density at radius 1 is 1.19 bits per heavy atom. The van der Waals surface area contributed by atoms with E-state index in [-0.39, 0.29) is 17.9 Å². The second-order valence-electron chi connectivity index (χ2n) is 6.32. The Kier molecular flexibility index (Phi) is 6.20. The van der Waals surface area contributed by atoms with Crippen LogP contribution in [0.25, 0.3) is 6.08 Å². The van der Waals surface area contributed by atoms with Crippen molar-refractivity contribution in [2.45, 2.75) is 25.4 Å². The highest BCUT2D eigenvalue weighted by Gasteiger charge is 2.21. The van der Waals surface area contributed by atoms with Gasteiger partial charge in [-0.3, -0.25) is 9.59 Å². The Hall–Kier alpha value is -2.44. The van der Waals surface area contributed by atoms with Crippen molar-refractivity contribution in [1.29, 1.82) is 0 Å². The minimum absolute atomic E-state index is 0.0765. The molecule has 0 atom stereocenters. The molecular weight excluding hydrogens is 348 g/mol. The molecule has 0 aliphatic carbocycles. The molecule has 26 heavy (non-hydrogen) atoms. The van der Waals surface area contributed by atoms with Crippen molar-refractivity contribution < 1.29 is 14.7 Å². The van der Waals surface area contributed by atoms with Crippen LogP contribution in [-0.4, -0.2) is 41.0 Å². The molecule has 1 aliphatic rings. The number of hydrogen-bond acceptors (Lipinski definition) is 4. The summed E-state index contributed by atoms with van der Waals surface area (Å²) in [4.78, 5) is 27.1. The number of aliphatic hydroxyl groups excluding tert-OH is 1. The number of piperidine rings is 1. The largest absolute Gasteiger partial charge is 0.393 e. The minimum Gasteiger partial charge on any atom is -0.393 e. The van der Waals surface area contributed by atoms with Crippen molar-refractivity contribution in [2.24, 2.45) is 0 Å². The third-order valence-electron chi connectivity index (χ3n) is 4.34. The number of carbonyl (C=O) groups is 2. The maximum atomic E-state index is 12.3. The molecule has 3 rings (SSSR count). The number of rotatable bonds is 5. The van der Waals surface area contributed by atoms with E-state index in [2.05, 4.69) is 5.32 Å². The predicted octanol–water partition coefficient (Wildman–Crippen LogP) is 2.93. The average Bonchev–Trinajstić information content (AvgIpc) is 3.16. The van der Waals surface area contributed by atoms with Gasteiger partial charge in [-0.1, -0.05) is 18.2 Å². The van der Waals surface area contributed by atoms with Crippen molar-refractivity contribution >= 4 is 34.9 Å².